The van der Waals surface area contributed by atoms with Crippen LogP contribution in [0.4, 0.5) is 0 Å². The lowest BCUT2D eigenvalue weighted by Crippen LogP contribution is -1.99. The minimum atomic E-state index is -2.17. The van der Waals surface area contributed by atoms with Crippen LogP contribution < -0.4 is 4.74 Å². The van der Waals surface area contributed by atoms with E-state index in [2.05, 4.69) is 0 Å². The smallest absolute Gasteiger partial charge is 0.120 e. The second-order valence-electron chi connectivity index (χ2n) is 3.46. The topological polar surface area (TPSA) is 49.4 Å². The molecule has 1 aromatic rings. The molecule has 1 aromatic carbocycles. The van der Waals surface area contributed by atoms with Crippen molar-refractivity contribution in [1.29, 1.82) is 0 Å². The molecule has 2 rings (SSSR count). The fourth-order valence-corrected chi connectivity index (χ4v) is 1.57. The van der Waals surface area contributed by atoms with Gasteiger partial charge in [-0.05, 0) is 48.0 Å². The third-order valence-corrected chi connectivity index (χ3v) is 2.82. The van der Waals surface area contributed by atoms with E-state index in [1.165, 1.54) is 12.8 Å². The number of benzene rings is 1. The first-order valence-corrected chi connectivity index (χ1v) is 5.65. The van der Waals surface area contributed by atoms with E-state index >= 15 is 0 Å². The Morgan fingerprint density at radius 2 is 2.29 bits per heavy atom. The third-order valence-electron chi connectivity index (χ3n) is 2.18. The molecule has 0 spiro atoms. The largest absolute Gasteiger partial charge is 0.768 e. The van der Waals surface area contributed by atoms with Crippen LogP contribution in [-0.4, -0.2) is 15.4 Å². The van der Waals surface area contributed by atoms with Crippen molar-refractivity contribution in [3.05, 3.63) is 24.3 Å². The predicted molar refractivity (Wildman–Crippen MR) is 51.8 cm³/mol. The Labute approximate surface area is 85.4 Å². The van der Waals surface area contributed by atoms with Gasteiger partial charge in [-0.2, -0.15) is 0 Å². The Balaban J connectivity index is 2.01. The minimum absolute atomic E-state index is 0.276. The van der Waals surface area contributed by atoms with Gasteiger partial charge in [0.2, 0.25) is 0 Å². The molecule has 1 saturated carbocycles. The Bertz CT molecular complexity index is 347. The van der Waals surface area contributed by atoms with E-state index in [0.29, 0.717) is 18.3 Å². The molecule has 0 saturated heterocycles. The summed E-state index contributed by atoms with van der Waals surface area (Å²) in [5.41, 5.74) is 0. The van der Waals surface area contributed by atoms with E-state index in [0.717, 1.165) is 0 Å². The van der Waals surface area contributed by atoms with Crippen LogP contribution in [0.25, 0.3) is 0 Å². The molecule has 0 heterocycles. The maximum absolute atomic E-state index is 10.6. The zero-order chi connectivity index (χ0) is 9.97. The van der Waals surface area contributed by atoms with Crippen molar-refractivity contribution in [1.82, 2.24) is 0 Å². The summed E-state index contributed by atoms with van der Waals surface area (Å²) in [4.78, 5) is 0.276. The van der Waals surface area contributed by atoms with Crippen LogP contribution in [0.15, 0.2) is 29.2 Å². The van der Waals surface area contributed by atoms with Gasteiger partial charge in [0.25, 0.3) is 0 Å². The number of hydrogen-bond acceptors (Lipinski definition) is 3. The standard InChI is InChI=1S/C10H12O3S/c11-14(12)10-3-1-2-9(6-10)13-7-8-4-5-8/h1-3,6,8H,4-5,7H2,(H,11,12)/p-1. The van der Waals surface area contributed by atoms with Crippen LogP contribution in [0, 0.1) is 5.92 Å². The highest BCUT2D eigenvalue weighted by Crippen LogP contribution is 2.29. The normalized spacial score (nSPS) is 17.8. The van der Waals surface area contributed by atoms with Gasteiger partial charge in [0.05, 0.1) is 6.61 Å². The van der Waals surface area contributed by atoms with Gasteiger partial charge in [0.1, 0.15) is 5.75 Å². The molecule has 0 N–H and O–H groups in total. The SMILES string of the molecule is O=S([O-])c1cccc(OCC2CC2)c1. The summed E-state index contributed by atoms with van der Waals surface area (Å²) in [6.07, 6.45) is 2.46. The molecule has 0 bridgehead atoms. The molecule has 0 amide bonds. The molecule has 0 aliphatic heterocycles. The molecular weight excluding hydrogens is 200 g/mol. The zero-order valence-electron chi connectivity index (χ0n) is 7.64. The van der Waals surface area contributed by atoms with Crippen molar-refractivity contribution in [3.63, 3.8) is 0 Å². The molecule has 76 valence electrons. The summed E-state index contributed by atoms with van der Waals surface area (Å²) >= 11 is -2.17. The van der Waals surface area contributed by atoms with Crippen LogP contribution in [0.1, 0.15) is 12.8 Å². The molecule has 0 radical (unpaired) electrons. The maximum Gasteiger partial charge on any atom is 0.120 e. The summed E-state index contributed by atoms with van der Waals surface area (Å²) in [7, 11) is 0. The zero-order valence-corrected chi connectivity index (χ0v) is 8.46. The van der Waals surface area contributed by atoms with Crippen LogP contribution >= 0.6 is 0 Å². The Kier molecular flexibility index (Phi) is 2.84. The average Bonchev–Trinajstić information content (AvgIpc) is 2.99. The molecular formula is C10H11O3S-. The van der Waals surface area contributed by atoms with Gasteiger partial charge >= 0.3 is 0 Å². The number of rotatable bonds is 4. The lowest BCUT2D eigenvalue weighted by Gasteiger charge is -2.08. The van der Waals surface area contributed by atoms with E-state index in [1.807, 2.05) is 0 Å². The van der Waals surface area contributed by atoms with E-state index in [4.69, 9.17) is 4.74 Å². The third kappa shape index (κ3) is 2.56. The molecule has 14 heavy (non-hydrogen) atoms. The van der Waals surface area contributed by atoms with Gasteiger partial charge in [-0.25, -0.2) is 0 Å². The first-order chi connectivity index (χ1) is 6.75. The number of ether oxygens (including phenoxy) is 1. The monoisotopic (exact) mass is 211 g/mol. The van der Waals surface area contributed by atoms with Crippen molar-refractivity contribution in [2.45, 2.75) is 17.7 Å². The highest BCUT2D eigenvalue weighted by Gasteiger charge is 2.21. The number of hydrogen-bond donors (Lipinski definition) is 0. The molecule has 1 aliphatic rings. The first-order valence-electron chi connectivity index (χ1n) is 4.58. The maximum atomic E-state index is 10.6. The van der Waals surface area contributed by atoms with Gasteiger partial charge < -0.3 is 9.29 Å². The average molecular weight is 211 g/mol. The van der Waals surface area contributed by atoms with Crippen molar-refractivity contribution < 1.29 is 13.5 Å². The Morgan fingerprint density at radius 1 is 1.50 bits per heavy atom. The molecule has 1 unspecified atom stereocenters. The lowest BCUT2D eigenvalue weighted by atomic mass is 10.3. The minimum Gasteiger partial charge on any atom is -0.768 e. The fourth-order valence-electron chi connectivity index (χ4n) is 1.17. The van der Waals surface area contributed by atoms with Gasteiger partial charge in [0.15, 0.2) is 0 Å². The second kappa shape index (κ2) is 4.11. The van der Waals surface area contributed by atoms with Gasteiger partial charge in [-0.1, -0.05) is 6.07 Å². The summed E-state index contributed by atoms with van der Waals surface area (Å²) in [5.74, 6) is 1.31. The van der Waals surface area contributed by atoms with Crippen molar-refractivity contribution in [2.75, 3.05) is 6.61 Å². The van der Waals surface area contributed by atoms with E-state index in [-0.39, 0.29) is 4.90 Å². The molecule has 1 fully saturated rings. The van der Waals surface area contributed by atoms with Gasteiger partial charge in [-0.15, -0.1) is 0 Å². The van der Waals surface area contributed by atoms with Crippen LogP contribution in [0.5, 0.6) is 5.75 Å². The van der Waals surface area contributed by atoms with Crippen LogP contribution in [0.2, 0.25) is 0 Å². The molecule has 0 aromatic heterocycles. The van der Waals surface area contributed by atoms with Crippen molar-refractivity contribution in [3.8, 4) is 5.75 Å². The van der Waals surface area contributed by atoms with E-state index in [9.17, 15) is 8.76 Å². The summed E-state index contributed by atoms with van der Waals surface area (Å²) < 4.78 is 26.7. The highest BCUT2D eigenvalue weighted by atomic mass is 32.2. The lowest BCUT2D eigenvalue weighted by molar-refractivity contribution is 0.299. The Morgan fingerprint density at radius 3 is 2.93 bits per heavy atom. The first kappa shape index (κ1) is 9.68. The van der Waals surface area contributed by atoms with Crippen molar-refractivity contribution >= 4 is 11.1 Å². The quantitative estimate of drug-likeness (QED) is 0.712. The fraction of sp³-hybridized carbons (Fsp3) is 0.400. The molecule has 1 atom stereocenters. The molecule has 3 nitrogen and oxygen atoms in total. The van der Waals surface area contributed by atoms with E-state index in [1.54, 1.807) is 24.3 Å². The summed E-state index contributed by atoms with van der Waals surface area (Å²) in [5, 5.41) is 0. The second-order valence-corrected chi connectivity index (χ2v) is 4.40. The van der Waals surface area contributed by atoms with Crippen molar-refractivity contribution in [2.24, 2.45) is 5.92 Å². The Hall–Kier alpha value is -0.870. The van der Waals surface area contributed by atoms with Crippen LogP contribution in [-0.2, 0) is 11.1 Å². The molecule has 4 heteroatoms. The predicted octanol–water partition coefficient (Wildman–Crippen LogP) is 1.71. The van der Waals surface area contributed by atoms with Gasteiger partial charge in [-0.3, -0.25) is 4.21 Å². The summed E-state index contributed by atoms with van der Waals surface area (Å²) in [6.45, 7) is 0.703. The van der Waals surface area contributed by atoms with Gasteiger partial charge in [0, 0.05) is 4.90 Å². The molecule has 1 aliphatic carbocycles. The highest BCUT2D eigenvalue weighted by molar-refractivity contribution is 7.79. The summed E-state index contributed by atoms with van der Waals surface area (Å²) in [6, 6.07) is 6.56. The van der Waals surface area contributed by atoms with Crippen LogP contribution in [0.3, 0.4) is 0 Å². The van der Waals surface area contributed by atoms with E-state index < -0.39 is 11.1 Å².